The van der Waals surface area contributed by atoms with Crippen LogP contribution in [0.4, 0.5) is 0 Å². The average Bonchev–Trinajstić information content (AvgIpc) is 3.38. The van der Waals surface area contributed by atoms with Crippen LogP contribution >= 0.6 is 0 Å². The van der Waals surface area contributed by atoms with Gasteiger partial charge in [-0.15, -0.1) is 0 Å². The Morgan fingerprint density at radius 2 is 1.03 bits per heavy atom. The van der Waals surface area contributed by atoms with E-state index in [1.807, 2.05) is 6.56 Å². The van der Waals surface area contributed by atoms with E-state index in [9.17, 15) is 0 Å². The second-order valence-electron chi connectivity index (χ2n) is 10.2. The molecule has 4 aromatic rings. The van der Waals surface area contributed by atoms with E-state index < -0.39 is 26.8 Å². The average molecular weight is 608 g/mol. The van der Waals surface area contributed by atoms with Crippen LogP contribution in [0, 0.1) is 0 Å². The van der Waals surface area contributed by atoms with Crippen LogP contribution < -0.4 is 24.8 Å². The van der Waals surface area contributed by atoms with Gasteiger partial charge < -0.3 is 24.8 Å². The summed E-state index contributed by atoms with van der Waals surface area (Å²) < 4.78 is 3.76. The zero-order chi connectivity index (χ0) is 23.4. The molecule has 6 rings (SSSR count). The molecule has 4 heteroatoms. The van der Waals surface area contributed by atoms with Gasteiger partial charge in [0.25, 0.3) is 0 Å². The first-order valence-electron chi connectivity index (χ1n) is 12.9. The smallest absolute Gasteiger partial charge is 1.00 e. The number of rotatable bonds is 5. The van der Waals surface area contributed by atoms with Gasteiger partial charge in [-0.1, -0.05) is 0 Å². The van der Waals surface area contributed by atoms with Crippen LogP contribution in [0.15, 0.2) is 83.9 Å². The van der Waals surface area contributed by atoms with E-state index in [1.54, 1.807) is 33.4 Å². The number of hydrogen-bond donors (Lipinski definition) is 0. The largest absolute Gasteiger partial charge is 1.00 e. The van der Waals surface area contributed by atoms with Gasteiger partial charge in [-0.3, -0.25) is 0 Å². The fourth-order valence-electron chi connectivity index (χ4n) is 6.65. The van der Waals surface area contributed by atoms with Crippen molar-refractivity contribution in [1.82, 2.24) is 0 Å². The van der Waals surface area contributed by atoms with Crippen molar-refractivity contribution in [3.63, 3.8) is 0 Å². The van der Waals surface area contributed by atoms with Gasteiger partial charge in [0, 0.05) is 0 Å². The first kappa shape index (κ1) is 27.6. The van der Waals surface area contributed by atoms with E-state index in [-0.39, 0.29) is 24.8 Å². The number of benzene rings is 4. The van der Waals surface area contributed by atoms with E-state index in [0.29, 0.717) is 0 Å². The Labute approximate surface area is 237 Å². The number of hydrogen-bond acceptors (Lipinski definition) is 0. The van der Waals surface area contributed by atoms with Gasteiger partial charge in [0.2, 0.25) is 0 Å². The topological polar surface area (TPSA) is 0 Å². The van der Waals surface area contributed by atoms with Crippen molar-refractivity contribution in [3.8, 4) is 0 Å². The first-order valence-corrected chi connectivity index (χ1v) is 21.8. The predicted molar refractivity (Wildman–Crippen MR) is 149 cm³/mol. The van der Waals surface area contributed by atoms with Crippen LogP contribution in [-0.4, -0.2) is 5.92 Å². The fraction of sp³-hybridized carbons (Fsp3) is 0.250. The Morgan fingerprint density at radius 3 is 1.44 bits per heavy atom. The first-order chi connectivity index (χ1) is 16.6. The zero-order valence-corrected chi connectivity index (χ0v) is 26.7. The summed E-state index contributed by atoms with van der Waals surface area (Å²) in [6.07, 6.45) is 2.31. The molecule has 2 aliphatic rings. The summed E-state index contributed by atoms with van der Waals surface area (Å²) in [6, 6.07) is 30.7. The van der Waals surface area contributed by atoms with Crippen LogP contribution in [0.5, 0.6) is 0 Å². The molecule has 0 bridgehead atoms. The van der Waals surface area contributed by atoms with Gasteiger partial charge >= 0.3 is 214 Å². The Hall–Kier alpha value is -1.44. The third-order valence-corrected chi connectivity index (χ3v) is 32.4. The van der Waals surface area contributed by atoms with E-state index >= 15 is 0 Å². The molecule has 2 aliphatic carbocycles. The molecule has 0 saturated carbocycles. The Bertz CT molecular complexity index is 1400. The second-order valence-corrected chi connectivity index (χ2v) is 27.2. The summed E-state index contributed by atoms with van der Waals surface area (Å²) in [4.78, 5) is 0. The number of fused-ring (bicyclic) bond motifs is 6. The quantitative estimate of drug-likeness (QED) is 0.306. The molecule has 0 aliphatic heterocycles. The second kappa shape index (κ2) is 11.1. The molecule has 4 aromatic carbocycles. The molecule has 183 valence electrons. The summed E-state index contributed by atoms with van der Waals surface area (Å²) in [6.45, 7) is 9.95. The summed E-state index contributed by atoms with van der Waals surface area (Å²) in [5.74, 6) is -0.888. The van der Waals surface area contributed by atoms with Gasteiger partial charge in [-0.2, -0.15) is 0 Å². The summed E-state index contributed by atoms with van der Waals surface area (Å²) in [5.41, 5.74) is 9.84. The predicted octanol–water partition coefficient (Wildman–Crippen LogP) is 2.66. The Kier molecular flexibility index (Phi) is 8.52. The third kappa shape index (κ3) is 4.33. The zero-order valence-electron chi connectivity index (χ0n) is 21.6. The maximum Gasteiger partial charge on any atom is -1.00 e. The minimum atomic E-state index is -2.17. The minimum absolute atomic E-state index is 0. The maximum atomic E-state index is 2.50. The normalized spacial score (nSPS) is 14.2. The molecular formula is C32H33Cl2SiZr. The van der Waals surface area contributed by atoms with E-state index in [2.05, 4.69) is 100 Å². The summed E-state index contributed by atoms with van der Waals surface area (Å²) >= 11 is -2.17. The Morgan fingerprint density at radius 1 is 0.611 bits per heavy atom. The molecule has 0 saturated heterocycles. The monoisotopic (exact) mass is 605 g/mol. The molecule has 0 fully saturated rings. The van der Waals surface area contributed by atoms with Crippen molar-refractivity contribution in [1.29, 1.82) is 0 Å². The van der Waals surface area contributed by atoms with Crippen LogP contribution in [0.25, 0.3) is 28.1 Å². The number of halogens is 2. The SMILES string of the molecule is CC[SiH](CC)[Zr+2]([C]1=C(C)Cc2ccc3ccccc3c21)[C]1=C(C)Cc2ccc3ccccc3c21.[Cl-].[Cl-]. The van der Waals surface area contributed by atoms with E-state index in [1.165, 1.54) is 33.6 Å². The molecule has 0 unspecified atom stereocenters. The molecule has 0 aromatic heterocycles. The third-order valence-electron chi connectivity index (χ3n) is 8.23. The van der Waals surface area contributed by atoms with Crippen molar-refractivity contribution in [2.45, 2.75) is 52.6 Å². The summed E-state index contributed by atoms with van der Waals surface area (Å²) in [7, 11) is 0. The molecule has 0 spiro atoms. The van der Waals surface area contributed by atoms with Gasteiger partial charge in [-0.05, 0) is 0 Å². The van der Waals surface area contributed by atoms with Gasteiger partial charge in [0.1, 0.15) is 0 Å². The Balaban J connectivity index is 0.00000152. The minimum Gasteiger partial charge on any atom is -1.00 e. The van der Waals surface area contributed by atoms with Crippen LogP contribution in [0.3, 0.4) is 0 Å². The van der Waals surface area contributed by atoms with Gasteiger partial charge in [0.05, 0.1) is 0 Å². The molecule has 36 heavy (non-hydrogen) atoms. The summed E-state index contributed by atoms with van der Waals surface area (Å²) in [5, 5.41) is 5.81. The standard InChI is InChI=1S/2C14H11.C4H11Si.2ClH.Zr/c2*1-10-8-12-7-6-11-4-2-3-5-13(11)14(12)9-10;1-3-5-4-2;;;/h2*2-7H,8H2,1H3;5H,3-4H2,1-2H3;2*1H;/q;;;;;+2/p-2. The molecule has 0 radical (unpaired) electrons. The van der Waals surface area contributed by atoms with E-state index in [0.717, 1.165) is 12.8 Å². The van der Waals surface area contributed by atoms with Crippen molar-refractivity contribution in [2.75, 3.05) is 0 Å². The molecule has 0 atom stereocenters. The van der Waals surface area contributed by atoms with Crippen molar-refractivity contribution >= 4 is 34.0 Å². The molecule has 0 nitrogen and oxygen atoms in total. The van der Waals surface area contributed by atoms with E-state index in [4.69, 9.17) is 0 Å². The maximum absolute atomic E-state index is 2.50. The van der Waals surface area contributed by atoms with Crippen molar-refractivity contribution in [2.24, 2.45) is 0 Å². The molecule has 0 N–H and O–H groups in total. The van der Waals surface area contributed by atoms with Crippen molar-refractivity contribution < 1.29 is 45.7 Å². The van der Waals surface area contributed by atoms with Gasteiger partial charge in [-0.25, -0.2) is 0 Å². The number of allylic oxidation sites excluding steroid dienone is 2. The van der Waals surface area contributed by atoms with Crippen LogP contribution in [-0.2, 0) is 33.8 Å². The van der Waals surface area contributed by atoms with Crippen LogP contribution in [0.1, 0.15) is 49.9 Å². The van der Waals surface area contributed by atoms with Crippen molar-refractivity contribution in [3.05, 3.63) is 106 Å². The van der Waals surface area contributed by atoms with Gasteiger partial charge in [0.15, 0.2) is 0 Å². The molecular weight excluding hydrogens is 575 g/mol. The fourth-order valence-corrected chi connectivity index (χ4v) is 31.6. The molecule has 0 heterocycles. The molecule has 0 amide bonds. The van der Waals surface area contributed by atoms with Crippen LogP contribution in [0.2, 0.25) is 12.1 Å².